The molecule has 1 saturated carbocycles. The Balaban J connectivity index is 1.31. The van der Waals surface area contributed by atoms with Crippen molar-refractivity contribution in [3.8, 4) is 0 Å². The molecular weight excluding hydrogens is 408 g/mol. The molecular formula is C28H36N4O. The zero-order valence-electron chi connectivity index (χ0n) is 19.7. The van der Waals surface area contributed by atoms with Gasteiger partial charge >= 0.3 is 0 Å². The third kappa shape index (κ3) is 5.14. The number of aryl methyl sites for hydroxylation is 1. The number of hydrogen-bond donors (Lipinski definition) is 1. The van der Waals surface area contributed by atoms with Gasteiger partial charge in [0.1, 0.15) is 0 Å². The van der Waals surface area contributed by atoms with E-state index in [0.29, 0.717) is 18.3 Å². The van der Waals surface area contributed by atoms with E-state index in [4.69, 9.17) is 0 Å². The Morgan fingerprint density at radius 1 is 1.09 bits per heavy atom. The summed E-state index contributed by atoms with van der Waals surface area (Å²) in [6.07, 6.45) is 12.0. The lowest BCUT2D eigenvalue weighted by Crippen LogP contribution is -2.43. The van der Waals surface area contributed by atoms with E-state index in [2.05, 4.69) is 63.3 Å². The highest BCUT2D eigenvalue weighted by atomic mass is 16.1. The predicted octanol–water partition coefficient (Wildman–Crippen LogP) is 5.22. The third-order valence-electron chi connectivity index (χ3n) is 7.66. The number of para-hydroxylation sites is 1. The van der Waals surface area contributed by atoms with Gasteiger partial charge in [-0.25, -0.2) is 0 Å². The Labute approximate surface area is 197 Å². The number of nitrogens with one attached hydrogen (secondary N) is 1. The van der Waals surface area contributed by atoms with Gasteiger partial charge in [-0.2, -0.15) is 0 Å². The number of benzene rings is 1. The van der Waals surface area contributed by atoms with Gasteiger partial charge in [-0.15, -0.1) is 0 Å². The largest absolute Gasteiger partial charge is 0.350 e. The number of fused-ring (bicyclic) bond motifs is 1. The number of amides is 1. The van der Waals surface area contributed by atoms with Gasteiger partial charge in [-0.3, -0.25) is 14.7 Å². The molecule has 0 radical (unpaired) electrons. The van der Waals surface area contributed by atoms with Crippen molar-refractivity contribution in [3.63, 3.8) is 0 Å². The molecule has 1 aromatic carbocycles. The van der Waals surface area contributed by atoms with Gasteiger partial charge in [0.15, 0.2) is 0 Å². The summed E-state index contributed by atoms with van der Waals surface area (Å²) in [4.78, 5) is 20.2. The van der Waals surface area contributed by atoms with Crippen molar-refractivity contribution >= 4 is 16.8 Å². The molecule has 174 valence electrons. The van der Waals surface area contributed by atoms with E-state index in [9.17, 15) is 4.79 Å². The molecule has 1 amide bonds. The Kier molecular flexibility index (Phi) is 6.77. The van der Waals surface area contributed by atoms with Crippen molar-refractivity contribution in [2.45, 2.75) is 57.5 Å². The summed E-state index contributed by atoms with van der Waals surface area (Å²) in [7, 11) is 2.13. The van der Waals surface area contributed by atoms with Crippen LogP contribution in [-0.4, -0.2) is 33.4 Å². The third-order valence-corrected chi connectivity index (χ3v) is 7.66. The summed E-state index contributed by atoms with van der Waals surface area (Å²) in [5, 5.41) is 4.76. The summed E-state index contributed by atoms with van der Waals surface area (Å²) in [5.41, 5.74) is 3.66. The van der Waals surface area contributed by atoms with E-state index < -0.39 is 0 Å². The molecule has 33 heavy (non-hydrogen) atoms. The maximum absolute atomic E-state index is 13.0. The number of piperidine rings is 1. The normalized spacial score (nSPS) is 20.8. The van der Waals surface area contributed by atoms with Crippen LogP contribution < -0.4 is 5.32 Å². The van der Waals surface area contributed by atoms with Gasteiger partial charge in [0.2, 0.25) is 5.91 Å². The Hall–Kier alpha value is -2.66. The van der Waals surface area contributed by atoms with Crippen molar-refractivity contribution in [3.05, 3.63) is 66.1 Å². The fourth-order valence-corrected chi connectivity index (χ4v) is 6.00. The minimum atomic E-state index is -0.0181. The molecule has 0 bridgehead atoms. The molecule has 1 aliphatic carbocycles. The number of likely N-dealkylation sites (tertiary alicyclic amines) is 1. The highest BCUT2D eigenvalue weighted by Gasteiger charge is 2.31. The van der Waals surface area contributed by atoms with Crippen molar-refractivity contribution < 1.29 is 4.79 Å². The van der Waals surface area contributed by atoms with Crippen LogP contribution in [-0.2, 0) is 18.4 Å². The standard InChI is InChI=1S/C28H36N4O/c1-31-18-23(24-12-4-5-14-26(24)31)20-32-16-8-11-22(19-32)28(25-13-6-7-15-29-25)30-27(33)17-21-9-2-3-10-21/h4-7,12-15,18,21-22,28H,2-3,8-11,16-17,19-20H2,1H3,(H,30,33)/t22-,28-/m0/s1. The van der Waals surface area contributed by atoms with Crippen LogP contribution in [0.15, 0.2) is 54.9 Å². The van der Waals surface area contributed by atoms with Gasteiger partial charge in [-0.1, -0.05) is 37.1 Å². The SMILES string of the molecule is Cn1cc(CN2CCC[C@H]([C@H](NC(=O)CC3CCCC3)c3ccccn3)C2)c2ccccc21. The molecule has 3 heterocycles. The van der Waals surface area contributed by atoms with Crippen LogP contribution in [0.5, 0.6) is 0 Å². The molecule has 5 rings (SSSR count). The first kappa shape index (κ1) is 22.1. The van der Waals surface area contributed by atoms with Gasteiger partial charge in [0.05, 0.1) is 11.7 Å². The smallest absolute Gasteiger partial charge is 0.220 e. The highest BCUT2D eigenvalue weighted by Crippen LogP contribution is 2.32. The second kappa shape index (κ2) is 10.1. The van der Waals surface area contributed by atoms with E-state index >= 15 is 0 Å². The summed E-state index contributed by atoms with van der Waals surface area (Å²) in [6, 6.07) is 14.7. The number of carbonyl (C=O) groups is 1. The van der Waals surface area contributed by atoms with Crippen LogP contribution in [0, 0.1) is 11.8 Å². The number of rotatable bonds is 7. The number of hydrogen-bond acceptors (Lipinski definition) is 3. The van der Waals surface area contributed by atoms with E-state index in [-0.39, 0.29) is 11.9 Å². The Morgan fingerprint density at radius 2 is 1.91 bits per heavy atom. The molecule has 5 heteroatoms. The van der Waals surface area contributed by atoms with Crippen molar-refractivity contribution in [1.29, 1.82) is 0 Å². The molecule has 0 spiro atoms. The lowest BCUT2D eigenvalue weighted by molar-refractivity contribution is -0.123. The molecule has 2 atom stereocenters. The second-order valence-electron chi connectivity index (χ2n) is 10.1. The Morgan fingerprint density at radius 3 is 2.73 bits per heavy atom. The number of carbonyl (C=O) groups excluding carboxylic acids is 1. The number of aromatic nitrogens is 2. The minimum absolute atomic E-state index is 0.0181. The van der Waals surface area contributed by atoms with E-state index in [0.717, 1.165) is 38.2 Å². The zero-order valence-corrected chi connectivity index (χ0v) is 19.7. The molecule has 2 aromatic heterocycles. The zero-order chi connectivity index (χ0) is 22.6. The lowest BCUT2D eigenvalue weighted by atomic mass is 9.87. The maximum atomic E-state index is 13.0. The molecule has 1 saturated heterocycles. The molecule has 2 fully saturated rings. The number of pyridine rings is 1. The molecule has 5 nitrogen and oxygen atoms in total. The predicted molar refractivity (Wildman–Crippen MR) is 133 cm³/mol. The van der Waals surface area contributed by atoms with Crippen LogP contribution in [0.4, 0.5) is 0 Å². The Bertz CT molecular complexity index is 1070. The first-order valence-electron chi connectivity index (χ1n) is 12.6. The van der Waals surface area contributed by atoms with Crippen molar-refractivity contribution in [1.82, 2.24) is 19.8 Å². The average molecular weight is 445 g/mol. The van der Waals surface area contributed by atoms with Gasteiger partial charge in [-0.05, 0) is 67.8 Å². The fraction of sp³-hybridized carbons (Fsp3) is 0.500. The van der Waals surface area contributed by atoms with Gasteiger partial charge < -0.3 is 9.88 Å². The molecule has 0 unspecified atom stereocenters. The highest BCUT2D eigenvalue weighted by molar-refractivity contribution is 5.83. The topological polar surface area (TPSA) is 50.2 Å². The van der Waals surface area contributed by atoms with E-state index in [1.54, 1.807) is 0 Å². The van der Waals surface area contributed by atoms with Crippen LogP contribution in [0.2, 0.25) is 0 Å². The molecule has 2 aliphatic rings. The summed E-state index contributed by atoms with van der Waals surface area (Å²) in [6.45, 7) is 3.03. The second-order valence-corrected chi connectivity index (χ2v) is 10.1. The summed E-state index contributed by atoms with van der Waals surface area (Å²) >= 11 is 0. The lowest BCUT2D eigenvalue weighted by Gasteiger charge is -2.37. The number of nitrogens with zero attached hydrogens (tertiary/aromatic N) is 3. The van der Waals surface area contributed by atoms with Gasteiger partial charge in [0.25, 0.3) is 0 Å². The van der Waals surface area contributed by atoms with E-state index in [1.807, 2.05) is 18.3 Å². The molecule has 1 N–H and O–H groups in total. The van der Waals surface area contributed by atoms with Crippen LogP contribution in [0.3, 0.4) is 0 Å². The van der Waals surface area contributed by atoms with Crippen LogP contribution in [0.25, 0.3) is 10.9 Å². The minimum Gasteiger partial charge on any atom is -0.350 e. The van der Waals surface area contributed by atoms with Gasteiger partial charge in [0, 0.05) is 49.9 Å². The van der Waals surface area contributed by atoms with Crippen molar-refractivity contribution in [2.24, 2.45) is 18.9 Å². The summed E-state index contributed by atoms with van der Waals surface area (Å²) < 4.78 is 2.23. The molecule has 1 aliphatic heterocycles. The van der Waals surface area contributed by atoms with Crippen LogP contribution in [0.1, 0.15) is 62.2 Å². The monoisotopic (exact) mass is 444 g/mol. The summed E-state index contributed by atoms with van der Waals surface area (Å²) in [5.74, 6) is 1.13. The maximum Gasteiger partial charge on any atom is 0.220 e. The van der Waals surface area contributed by atoms with E-state index in [1.165, 1.54) is 42.1 Å². The fourth-order valence-electron chi connectivity index (χ4n) is 6.00. The van der Waals surface area contributed by atoms with Crippen molar-refractivity contribution in [2.75, 3.05) is 13.1 Å². The average Bonchev–Trinajstić information content (AvgIpc) is 3.46. The quantitative estimate of drug-likeness (QED) is 0.543. The molecule has 3 aromatic rings. The van der Waals surface area contributed by atoms with Crippen LogP contribution >= 0.6 is 0 Å². The first-order chi connectivity index (χ1) is 16.2. The first-order valence-corrected chi connectivity index (χ1v) is 12.6.